The molecule has 1 fully saturated rings. The summed E-state index contributed by atoms with van der Waals surface area (Å²) in [5, 5.41) is 11.1. The number of oxime groups is 1. The van der Waals surface area contributed by atoms with Gasteiger partial charge in [-0.3, -0.25) is 0 Å². The Balaban J connectivity index is 2.04. The van der Waals surface area contributed by atoms with Crippen LogP contribution in [0.2, 0.25) is 0 Å². The van der Waals surface area contributed by atoms with Crippen molar-refractivity contribution in [1.29, 1.82) is 0 Å². The third-order valence-electron chi connectivity index (χ3n) is 2.01. The highest BCUT2D eigenvalue weighted by atomic mass is 16.5. The molecule has 0 amide bonds. The van der Waals surface area contributed by atoms with E-state index in [1.807, 2.05) is 0 Å². The normalized spacial score (nSPS) is 20.5. The smallest absolute Gasteiger partial charge is 0.141 e. The first kappa shape index (κ1) is 10.3. The maximum Gasteiger partial charge on any atom is 0.141 e. The lowest BCUT2D eigenvalue weighted by Gasteiger charge is -2.22. The number of rotatable bonds is 4. The van der Waals surface area contributed by atoms with Gasteiger partial charge in [0.05, 0.1) is 12.7 Å². The molecule has 1 saturated heterocycles. The van der Waals surface area contributed by atoms with Crippen LogP contribution in [-0.4, -0.2) is 37.0 Å². The van der Waals surface area contributed by atoms with Gasteiger partial charge in [-0.05, 0) is 12.8 Å². The molecule has 5 nitrogen and oxygen atoms in total. The molecule has 1 heterocycles. The van der Waals surface area contributed by atoms with Crippen LogP contribution in [0.3, 0.4) is 0 Å². The summed E-state index contributed by atoms with van der Waals surface area (Å²) in [5.41, 5.74) is 5.28. The lowest BCUT2D eigenvalue weighted by atomic mass is 10.1. The van der Waals surface area contributed by atoms with Crippen molar-refractivity contribution in [3.05, 3.63) is 0 Å². The number of nitrogens with zero attached hydrogens (tertiary/aromatic N) is 1. The van der Waals surface area contributed by atoms with Gasteiger partial charge in [-0.1, -0.05) is 5.16 Å². The monoisotopic (exact) mass is 188 g/mol. The molecule has 0 atom stereocenters. The molecule has 0 aromatic heterocycles. The first-order chi connectivity index (χ1) is 6.33. The van der Waals surface area contributed by atoms with Crippen LogP contribution in [0.4, 0.5) is 0 Å². The van der Waals surface area contributed by atoms with E-state index < -0.39 is 0 Å². The van der Waals surface area contributed by atoms with E-state index in [0.717, 1.165) is 26.1 Å². The molecule has 0 aromatic carbocycles. The predicted molar refractivity (Wildman–Crippen MR) is 47.8 cm³/mol. The lowest BCUT2D eigenvalue weighted by molar-refractivity contribution is -0.0295. The van der Waals surface area contributed by atoms with Crippen LogP contribution in [0.15, 0.2) is 5.16 Å². The fourth-order valence-corrected chi connectivity index (χ4v) is 1.22. The van der Waals surface area contributed by atoms with Crippen molar-refractivity contribution < 1.29 is 14.7 Å². The highest BCUT2D eigenvalue weighted by molar-refractivity contribution is 5.79. The molecule has 0 aromatic rings. The topological polar surface area (TPSA) is 77.1 Å². The van der Waals surface area contributed by atoms with Gasteiger partial charge in [-0.15, -0.1) is 0 Å². The number of ether oxygens (including phenoxy) is 2. The molecule has 0 bridgehead atoms. The summed E-state index contributed by atoms with van der Waals surface area (Å²) in [7, 11) is 0. The van der Waals surface area contributed by atoms with Crippen LogP contribution in [0, 0.1) is 0 Å². The molecule has 1 aliphatic heterocycles. The zero-order valence-corrected chi connectivity index (χ0v) is 7.61. The van der Waals surface area contributed by atoms with Crippen molar-refractivity contribution in [1.82, 2.24) is 0 Å². The molecule has 1 rings (SSSR count). The second-order valence-electron chi connectivity index (χ2n) is 3.02. The molecule has 0 aliphatic carbocycles. The first-order valence-electron chi connectivity index (χ1n) is 4.48. The number of amidine groups is 1. The molecule has 0 saturated carbocycles. The van der Waals surface area contributed by atoms with Crippen molar-refractivity contribution in [2.75, 3.05) is 19.8 Å². The average Bonchev–Trinajstić information content (AvgIpc) is 2.19. The minimum absolute atomic E-state index is 0.215. The van der Waals surface area contributed by atoms with Crippen LogP contribution < -0.4 is 5.73 Å². The Labute approximate surface area is 77.5 Å². The molecule has 3 N–H and O–H groups in total. The van der Waals surface area contributed by atoms with E-state index in [4.69, 9.17) is 20.4 Å². The van der Waals surface area contributed by atoms with Gasteiger partial charge in [-0.2, -0.15) is 0 Å². The van der Waals surface area contributed by atoms with Gasteiger partial charge in [-0.25, -0.2) is 0 Å². The fraction of sp³-hybridized carbons (Fsp3) is 0.875. The third-order valence-corrected chi connectivity index (χ3v) is 2.01. The third kappa shape index (κ3) is 4.10. The van der Waals surface area contributed by atoms with E-state index in [1.54, 1.807) is 0 Å². The van der Waals surface area contributed by atoms with Gasteiger partial charge in [0, 0.05) is 19.6 Å². The van der Waals surface area contributed by atoms with Crippen molar-refractivity contribution in [2.45, 2.75) is 25.4 Å². The molecule has 1 aliphatic rings. The summed E-state index contributed by atoms with van der Waals surface area (Å²) < 4.78 is 10.7. The SMILES string of the molecule is N/C(CCOC1CCOCC1)=N\O. The van der Waals surface area contributed by atoms with E-state index >= 15 is 0 Å². The zero-order chi connectivity index (χ0) is 9.52. The maximum absolute atomic E-state index is 8.26. The van der Waals surface area contributed by atoms with Crippen molar-refractivity contribution in [3.8, 4) is 0 Å². The average molecular weight is 188 g/mol. The quantitative estimate of drug-likeness (QED) is 0.288. The number of nitrogens with two attached hydrogens (primary N) is 1. The Morgan fingerprint density at radius 1 is 1.54 bits per heavy atom. The number of hydrogen-bond donors (Lipinski definition) is 2. The van der Waals surface area contributed by atoms with Crippen LogP contribution in [0.5, 0.6) is 0 Å². The minimum atomic E-state index is 0.215. The predicted octanol–water partition coefficient (Wildman–Crippen LogP) is 0.318. The summed E-state index contributed by atoms with van der Waals surface area (Å²) in [6.07, 6.45) is 2.64. The van der Waals surface area contributed by atoms with E-state index in [0.29, 0.717) is 13.0 Å². The minimum Gasteiger partial charge on any atom is -0.409 e. The van der Waals surface area contributed by atoms with E-state index in [-0.39, 0.29) is 11.9 Å². The van der Waals surface area contributed by atoms with Gasteiger partial charge >= 0.3 is 0 Å². The molecular formula is C8H16N2O3. The van der Waals surface area contributed by atoms with Gasteiger partial charge in [0.15, 0.2) is 0 Å². The second kappa shape index (κ2) is 5.77. The molecule has 76 valence electrons. The Hall–Kier alpha value is -0.810. The summed E-state index contributed by atoms with van der Waals surface area (Å²) in [6.45, 7) is 2.06. The Morgan fingerprint density at radius 2 is 2.23 bits per heavy atom. The van der Waals surface area contributed by atoms with E-state index in [2.05, 4.69) is 5.16 Å². The van der Waals surface area contributed by atoms with Crippen LogP contribution in [-0.2, 0) is 9.47 Å². The summed E-state index contributed by atoms with van der Waals surface area (Å²) in [4.78, 5) is 0. The Kier molecular flexibility index (Phi) is 4.56. The standard InChI is InChI=1S/C8H16N2O3/c9-8(10-11)3-6-13-7-1-4-12-5-2-7/h7,11H,1-6H2,(H2,9,10). The second-order valence-corrected chi connectivity index (χ2v) is 3.02. The molecule has 0 spiro atoms. The molecule has 5 heteroatoms. The van der Waals surface area contributed by atoms with Crippen LogP contribution in [0.1, 0.15) is 19.3 Å². The molecule has 0 radical (unpaired) electrons. The fourth-order valence-electron chi connectivity index (χ4n) is 1.22. The van der Waals surface area contributed by atoms with Gasteiger partial charge in [0.1, 0.15) is 5.84 Å². The highest BCUT2D eigenvalue weighted by Gasteiger charge is 2.13. The van der Waals surface area contributed by atoms with Crippen LogP contribution >= 0.6 is 0 Å². The van der Waals surface area contributed by atoms with E-state index in [9.17, 15) is 0 Å². The van der Waals surface area contributed by atoms with E-state index in [1.165, 1.54) is 0 Å². The van der Waals surface area contributed by atoms with Crippen molar-refractivity contribution in [2.24, 2.45) is 10.9 Å². The molecular weight excluding hydrogens is 172 g/mol. The summed E-state index contributed by atoms with van der Waals surface area (Å²) in [6, 6.07) is 0. The number of hydrogen-bond acceptors (Lipinski definition) is 4. The van der Waals surface area contributed by atoms with Gasteiger partial charge in [0.25, 0.3) is 0 Å². The first-order valence-corrected chi connectivity index (χ1v) is 4.48. The largest absolute Gasteiger partial charge is 0.409 e. The zero-order valence-electron chi connectivity index (χ0n) is 7.61. The lowest BCUT2D eigenvalue weighted by Crippen LogP contribution is -2.25. The Bertz CT molecular complexity index is 167. The van der Waals surface area contributed by atoms with Crippen molar-refractivity contribution >= 4 is 5.84 Å². The summed E-state index contributed by atoms with van der Waals surface area (Å²) >= 11 is 0. The van der Waals surface area contributed by atoms with Crippen molar-refractivity contribution in [3.63, 3.8) is 0 Å². The summed E-state index contributed by atoms with van der Waals surface area (Å²) in [5.74, 6) is 0.215. The highest BCUT2D eigenvalue weighted by Crippen LogP contribution is 2.10. The van der Waals surface area contributed by atoms with Crippen LogP contribution in [0.25, 0.3) is 0 Å². The Morgan fingerprint density at radius 3 is 2.85 bits per heavy atom. The van der Waals surface area contributed by atoms with Gasteiger partial charge in [0.2, 0.25) is 0 Å². The van der Waals surface area contributed by atoms with Gasteiger partial charge < -0.3 is 20.4 Å². The molecule has 13 heavy (non-hydrogen) atoms. The maximum atomic E-state index is 8.26. The molecule has 0 unspecified atom stereocenters.